The maximum absolute atomic E-state index is 12.3. The van der Waals surface area contributed by atoms with Crippen LogP contribution in [-0.2, 0) is 10.0 Å². The lowest BCUT2D eigenvalue weighted by atomic mass is 10.1. The molecule has 4 nitrogen and oxygen atoms in total. The van der Waals surface area contributed by atoms with Crippen molar-refractivity contribution in [3.05, 3.63) is 29.8 Å². The molecule has 1 aromatic rings. The van der Waals surface area contributed by atoms with Crippen molar-refractivity contribution >= 4 is 21.8 Å². The van der Waals surface area contributed by atoms with E-state index in [0.29, 0.717) is 16.7 Å². The van der Waals surface area contributed by atoms with Crippen LogP contribution in [-0.4, -0.2) is 33.0 Å². The number of rotatable bonds is 9. The average molecular weight is 331 g/mol. The Morgan fingerprint density at radius 3 is 2.62 bits per heavy atom. The van der Waals surface area contributed by atoms with Gasteiger partial charge < -0.3 is 5.32 Å². The molecule has 0 radical (unpaired) electrons. The molecule has 0 aliphatic carbocycles. The van der Waals surface area contributed by atoms with Crippen molar-refractivity contribution < 1.29 is 8.42 Å². The van der Waals surface area contributed by atoms with Gasteiger partial charge in [0.2, 0.25) is 10.0 Å². The molecule has 2 unspecified atom stereocenters. The fraction of sp³-hybridized carbons (Fsp3) is 0.600. The molecule has 0 saturated heterocycles. The first-order chi connectivity index (χ1) is 9.90. The van der Waals surface area contributed by atoms with Crippen LogP contribution in [0.4, 0.5) is 0 Å². The van der Waals surface area contributed by atoms with E-state index in [4.69, 9.17) is 0 Å². The lowest BCUT2D eigenvalue weighted by molar-refractivity contribution is 0.576. The molecule has 0 aliphatic heterocycles. The summed E-state index contributed by atoms with van der Waals surface area (Å²) >= 11 is 1.74. The van der Waals surface area contributed by atoms with Crippen molar-refractivity contribution in [2.75, 3.05) is 19.3 Å². The monoisotopic (exact) mass is 330 g/mol. The Bertz CT molecular complexity index is 532. The molecule has 21 heavy (non-hydrogen) atoms. The van der Waals surface area contributed by atoms with Gasteiger partial charge in [0.25, 0.3) is 0 Å². The zero-order valence-corrected chi connectivity index (χ0v) is 14.9. The van der Waals surface area contributed by atoms with Crippen LogP contribution in [0.2, 0.25) is 0 Å². The van der Waals surface area contributed by atoms with E-state index in [1.54, 1.807) is 30.0 Å². The van der Waals surface area contributed by atoms with Crippen molar-refractivity contribution in [3.8, 4) is 0 Å². The van der Waals surface area contributed by atoms with Gasteiger partial charge in [0.15, 0.2) is 0 Å². The standard InChI is InChI=1S/C15H26N2O2S2/c1-5-16-13(3)14-7-6-8-15(11-14)21(18,19)17-10-9-12(2)20-4/h6-8,11-13,16-17H,5,9-10H2,1-4H3. The summed E-state index contributed by atoms with van der Waals surface area (Å²) in [5.41, 5.74) is 0.984. The molecule has 0 heterocycles. The van der Waals surface area contributed by atoms with E-state index in [1.165, 1.54) is 0 Å². The Balaban J connectivity index is 2.76. The van der Waals surface area contributed by atoms with Crippen LogP contribution in [0.1, 0.15) is 38.8 Å². The van der Waals surface area contributed by atoms with Crippen LogP contribution in [0.15, 0.2) is 29.2 Å². The van der Waals surface area contributed by atoms with Crippen LogP contribution in [0.25, 0.3) is 0 Å². The van der Waals surface area contributed by atoms with Crippen molar-refractivity contribution in [2.45, 2.75) is 43.4 Å². The average Bonchev–Trinajstić information content (AvgIpc) is 2.47. The van der Waals surface area contributed by atoms with Gasteiger partial charge in [-0.3, -0.25) is 0 Å². The maximum atomic E-state index is 12.3. The summed E-state index contributed by atoms with van der Waals surface area (Å²) in [4.78, 5) is 0.335. The number of hydrogen-bond acceptors (Lipinski definition) is 4. The highest BCUT2D eigenvalue weighted by Gasteiger charge is 2.15. The molecular weight excluding hydrogens is 304 g/mol. The SMILES string of the molecule is CCNC(C)c1cccc(S(=O)(=O)NCCC(C)SC)c1. The third kappa shape index (κ3) is 5.98. The van der Waals surface area contributed by atoms with E-state index in [2.05, 4.69) is 17.0 Å². The molecule has 6 heteroatoms. The van der Waals surface area contributed by atoms with Crippen LogP contribution < -0.4 is 10.0 Å². The molecule has 120 valence electrons. The predicted octanol–water partition coefficient (Wildman–Crippen LogP) is 2.78. The highest BCUT2D eigenvalue weighted by molar-refractivity contribution is 7.99. The Hall–Kier alpha value is -0.560. The Labute approximate surface area is 133 Å². The summed E-state index contributed by atoms with van der Waals surface area (Å²) in [6, 6.07) is 7.27. The lowest BCUT2D eigenvalue weighted by Crippen LogP contribution is -2.26. The number of thioether (sulfide) groups is 1. The van der Waals surface area contributed by atoms with Gasteiger partial charge >= 0.3 is 0 Å². The van der Waals surface area contributed by atoms with Gasteiger partial charge in [-0.2, -0.15) is 11.8 Å². The molecule has 1 aromatic carbocycles. The van der Waals surface area contributed by atoms with E-state index >= 15 is 0 Å². The first-order valence-electron chi connectivity index (χ1n) is 7.26. The quantitative estimate of drug-likeness (QED) is 0.731. The minimum absolute atomic E-state index is 0.140. The number of nitrogens with one attached hydrogen (secondary N) is 2. The molecule has 0 bridgehead atoms. The second kappa shape index (κ2) is 8.78. The topological polar surface area (TPSA) is 58.2 Å². The molecule has 0 amide bonds. The van der Waals surface area contributed by atoms with Crippen molar-refractivity contribution in [3.63, 3.8) is 0 Å². The lowest BCUT2D eigenvalue weighted by Gasteiger charge is -2.14. The molecule has 0 fully saturated rings. The first kappa shape index (κ1) is 18.5. The molecular formula is C15H26N2O2S2. The second-order valence-electron chi connectivity index (χ2n) is 5.08. The predicted molar refractivity (Wildman–Crippen MR) is 91.3 cm³/mol. The Morgan fingerprint density at radius 1 is 1.29 bits per heavy atom. The van der Waals surface area contributed by atoms with E-state index in [-0.39, 0.29) is 6.04 Å². The van der Waals surface area contributed by atoms with E-state index in [1.807, 2.05) is 26.2 Å². The van der Waals surface area contributed by atoms with Gasteiger partial charge in [0.05, 0.1) is 4.90 Å². The van der Waals surface area contributed by atoms with Gasteiger partial charge in [0.1, 0.15) is 0 Å². The zero-order chi connectivity index (χ0) is 15.9. The molecule has 0 saturated carbocycles. The summed E-state index contributed by atoms with van der Waals surface area (Å²) in [5.74, 6) is 0. The van der Waals surface area contributed by atoms with Crippen LogP contribution in [0.3, 0.4) is 0 Å². The first-order valence-corrected chi connectivity index (χ1v) is 10.0. The third-order valence-corrected chi connectivity index (χ3v) is 5.92. The highest BCUT2D eigenvalue weighted by atomic mass is 32.2. The zero-order valence-electron chi connectivity index (χ0n) is 13.2. The van der Waals surface area contributed by atoms with Crippen LogP contribution >= 0.6 is 11.8 Å². The van der Waals surface area contributed by atoms with Crippen molar-refractivity contribution in [2.24, 2.45) is 0 Å². The number of sulfonamides is 1. The van der Waals surface area contributed by atoms with Gasteiger partial charge in [-0.1, -0.05) is 26.0 Å². The fourth-order valence-corrected chi connectivity index (χ4v) is 3.43. The van der Waals surface area contributed by atoms with E-state index in [0.717, 1.165) is 18.5 Å². The molecule has 1 rings (SSSR count). The van der Waals surface area contributed by atoms with Gasteiger partial charge in [0, 0.05) is 17.8 Å². The minimum atomic E-state index is -3.42. The summed E-state index contributed by atoms with van der Waals surface area (Å²) in [5, 5.41) is 3.74. The molecule has 0 spiro atoms. The summed E-state index contributed by atoms with van der Waals surface area (Å²) in [7, 11) is -3.42. The minimum Gasteiger partial charge on any atom is -0.310 e. The van der Waals surface area contributed by atoms with Crippen molar-refractivity contribution in [1.29, 1.82) is 0 Å². The van der Waals surface area contributed by atoms with E-state index < -0.39 is 10.0 Å². The summed E-state index contributed by atoms with van der Waals surface area (Å²) in [6.07, 6.45) is 2.86. The van der Waals surface area contributed by atoms with Crippen molar-refractivity contribution in [1.82, 2.24) is 10.0 Å². The normalized spacial score (nSPS) is 14.9. The maximum Gasteiger partial charge on any atom is 0.240 e. The fourth-order valence-electron chi connectivity index (χ4n) is 1.97. The number of hydrogen-bond donors (Lipinski definition) is 2. The van der Waals surface area contributed by atoms with Gasteiger partial charge in [-0.05, 0) is 43.8 Å². The smallest absolute Gasteiger partial charge is 0.240 e. The van der Waals surface area contributed by atoms with E-state index in [9.17, 15) is 8.42 Å². The van der Waals surface area contributed by atoms with Gasteiger partial charge in [-0.15, -0.1) is 0 Å². The number of benzene rings is 1. The summed E-state index contributed by atoms with van der Waals surface area (Å²) < 4.78 is 27.3. The molecule has 2 atom stereocenters. The Morgan fingerprint density at radius 2 is 2.00 bits per heavy atom. The van der Waals surface area contributed by atoms with Gasteiger partial charge in [-0.25, -0.2) is 13.1 Å². The molecule has 0 aromatic heterocycles. The molecule has 0 aliphatic rings. The summed E-state index contributed by atoms with van der Waals surface area (Å²) in [6.45, 7) is 7.48. The largest absolute Gasteiger partial charge is 0.310 e. The molecule has 2 N–H and O–H groups in total. The highest BCUT2D eigenvalue weighted by Crippen LogP contribution is 2.17. The third-order valence-electron chi connectivity index (χ3n) is 3.42. The Kier molecular flexibility index (Phi) is 7.73. The second-order valence-corrected chi connectivity index (χ2v) is 8.13. The van der Waals surface area contributed by atoms with Crippen LogP contribution in [0, 0.1) is 0 Å². The van der Waals surface area contributed by atoms with Crippen LogP contribution in [0.5, 0.6) is 0 Å².